The zero-order valence-electron chi connectivity index (χ0n) is 13.7. The largest absolute Gasteiger partial charge is 0.342 e. The monoisotopic (exact) mass is 326 g/mol. The van der Waals surface area contributed by atoms with Crippen LogP contribution in [-0.4, -0.2) is 40.4 Å². The van der Waals surface area contributed by atoms with Crippen LogP contribution in [0.1, 0.15) is 57.2 Å². The summed E-state index contributed by atoms with van der Waals surface area (Å²) in [6.07, 6.45) is 4.09. The van der Waals surface area contributed by atoms with Gasteiger partial charge in [0.05, 0.1) is 16.0 Å². The van der Waals surface area contributed by atoms with Gasteiger partial charge in [0.1, 0.15) is 0 Å². The Morgan fingerprint density at radius 1 is 1.43 bits per heavy atom. The van der Waals surface area contributed by atoms with E-state index in [0.717, 1.165) is 25.9 Å². The average molecular weight is 327 g/mol. The molecule has 2 rings (SSSR count). The molecule has 0 radical (unpaired) electrons. The Kier molecular flexibility index (Phi) is 5.36. The molecule has 1 aliphatic rings. The lowest BCUT2D eigenvalue weighted by atomic mass is 9.93. The third kappa shape index (κ3) is 4.01. The molecule has 1 fully saturated rings. The quantitative estimate of drug-likeness (QED) is 0.844. The van der Waals surface area contributed by atoms with Crippen LogP contribution < -0.4 is 0 Å². The first kappa shape index (κ1) is 16.8. The summed E-state index contributed by atoms with van der Waals surface area (Å²) < 4.78 is 0. The van der Waals surface area contributed by atoms with Gasteiger partial charge in [-0.3, -0.25) is 4.79 Å². The fourth-order valence-corrected chi connectivity index (χ4v) is 4.09. The summed E-state index contributed by atoms with van der Waals surface area (Å²) in [6, 6.07) is 0. The van der Waals surface area contributed by atoms with Crippen LogP contribution in [0.4, 0.5) is 0 Å². The van der Waals surface area contributed by atoms with Crippen molar-refractivity contribution in [2.24, 2.45) is 0 Å². The number of aromatic nitrogens is 1. The van der Waals surface area contributed by atoms with E-state index in [1.807, 2.05) is 18.1 Å². The van der Waals surface area contributed by atoms with E-state index in [1.165, 1.54) is 10.7 Å². The first-order valence-electron chi connectivity index (χ1n) is 7.60. The van der Waals surface area contributed by atoms with Crippen molar-refractivity contribution in [2.45, 2.75) is 57.1 Å². The van der Waals surface area contributed by atoms with Crippen LogP contribution in [0.15, 0.2) is 5.38 Å². The van der Waals surface area contributed by atoms with Crippen molar-refractivity contribution in [2.75, 3.05) is 19.3 Å². The van der Waals surface area contributed by atoms with Crippen molar-refractivity contribution >= 4 is 29.0 Å². The standard InChI is InChI=1S/C16H26N2OS2/c1-11(20-5)15(19)18-8-6-12(7-9-18)14-17-13(10-21-14)16(2,3)4/h10-12H,6-9H2,1-5H3. The highest BCUT2D eigenvalue weighted by Gasteiger charge is 2.28. The highest BCUT2D eigenvalue weighted by molar-refractivity contribution is 7.99. The van der Waals surface area contributed by atoms with E-state index in [2.05, 4.69) is 26.2 Å². The molecular weight excluding hydrogens is 300 g/mol. The first-order chi connectivity index (χ1) is 9.82. The predicted molar refractivity (Wildman–Crippen MR) is 92.3 cm³/mol. The van der Waals surface area contributed by atoms with Crippen LogP contribution in [0.2, 0.25) is 0 Å². The smallest absolute Gasteiger partial charge is 0.235 e. The summed E-state index contributed by atoms with van der Waals surface area (Å²) >= 11 is 3.41. The second-order valence-corrected chi connectivity index (χ2v) is 8.87. The number of hydrogen-bond donors (Lipinski definition) is 0. The van der Waals surface area contributed by atoms with Gasteiger partial charge in [-0.05, 0) is 26.0 Å². The Morgan fingerprint density at radius 2 is 2.05 bits per heavy atom. The number of carbonyl (C=O) groups is 1. The molecule has 1 unspecified atom stereocenters. The molecule has 21 heavy (non-hydrogen) atoms. The molecule has 118 valence electrons. The Hall–Kier alpha value is -0.550. The molecule has 0 N–H and O–H groups in total. The van der Waals surface area contributed by atoms with Crippen molar-refractivity contribution in [1.82, 2.24) is 9.88 Å². The van der Waals surface area contributed by atoms with E-state index >= 15 is 0 Å². The van der Waals surface area contributed by atoms with Crippen LogP contribution in [0, 0.1) is 0 Å². The van der Waals surface area contributed by atoms with Crippen LogP contribution >= 0.6 is 23.1 Å². The number of piperidine rings is 1. The second kappa shape index (κ2) is 6.69. The summed E-state index contributed by atoms with van der Waals surface area (Å²) in [6.45, 7) is 10.4. The maximum Gasteiger partial charge on any atom is 0.235 e. The minimum atomic E-state index is 0.0777. The second-order valence-electron chi connectivity index (χ2n) is 6.80. The number of likely N-dealkylation sites (tertiary alicyclic amines) is 1. The molecule has 0 bridgehead atoms. The van der Waals surface area contributed by atoms with Crippen LogP contribution in [0.3, 0.4) is 0 Å². The summed E-state index contributed by atoms with van der Waals surface area (Å²) in [4.78, 5) is 19.1. The topological polar surface area (TPSA) is 33.2 Å². The lowest BCUT2D eigenvalue weighted by Crippen LogP contribution is -2.41. The first-order valence-corrected chi connectivity index (χ1v) is 9.77. The van der Waals surface area contributed by atoms with Gasteiger partial charge >= 0.3 is 0 Å². The van der Waals surface area contributed by atoms with Crippen molar-refractivity contribution in [3.63, 3.8) is 0 Å². The van der Waals surface area contributed by atoms with Crippen molar-refractivity contribution in [3.05, 3.63) is 16.1 Å². The number of thiazole rings is 1. The molecule has 1 atom stereocenters. The molecule has 5 heteroatoms. The minimum absolute atomic E-state index is 0.0777. The predicted octanol–water partition coefficient (Wildman–Crippen LogP) is 3.90. The lowest BCUT2D eigenvalue weighted by Gasteiger charge is -2.32. The maximum absolute atomic E-state index is 12.2. The van der Waals surface area contributed by atoms with Gasteiger partial charge in [-0.2, -0.15) is 11.8 Å². The molecule has 1 amide bonds. The molecule has 1 aliphatic heterocycles. The average Bonchev–Trinajstić information content (AvgIpc) is 2.95. The lowest BCUT2D eigenvalue weighted by molar-refractivity contribution is -0.131. The van der Waals surface area contributed by atoms with Gasteiger partial charge in [0, 0.05) is 29.8 Å². The SMILES string of the molecule is CSC(C)C(=O)N1CCC(c2nc(C(C)(C)C)cs2)CC1. The highest BCUT2D eigenvalue weighted by Crippen LogP contribution is 2.33. The van der Waals surface area contributed by atoms with E-state index in [0.29, 0.717) is 5.92 Å². The number of nitrogens with zero attached hydrogens (tertiary/aromatic N) is 2. The molecule has 3 nitrogen and oxygen atoms in total. The molecule has 1 saturated heterocycles. The van der Waals surface area contributed by atoms with Crippen molar-refractivity contribution in [3.8, 4) is 0 Å². The fraction of sp³-hybridized carbons (Fsp3) is 0.750. The van der Waals surface area contributed by atoms with Gasteiger partial charge in [-0.15, -0.1) is 11.3 Å². The summed E-state index contributed by atoms with van der Waals surface area (Å²) in [5.74, 6) is 0.815. The number of rotatable bonds is 3. The Morgan fingerprint density at radius 3 is 2.52 bits per heavy atom. The van der Waals surface area contributed by atoms with E-state index in [-0.39, 0.29) is 16.6 Å². The summed E-state index contributed by atoms with van der Waals surface area (Å²) in [5, 5.41) is 3.53. The third-order valence-corrected chi connectivity index (χ3v) is 6.06. The van der Waals surface area contributed by atoms with Crippen LogP contribution in [-0.2, 0) is 10.2 Å². The van der Waals surface area contributed by atoms with Gasteiger partial charge < -0.3 is 4.90 Å². The van der Waals surface area contributed by atoms with Gasteiger partial charge in [-0.25, -0.2) is 4.98 Å². The number of carbonyl (C=O) groups excluding carboxylic acids is 1. The molecule has 1 aromatic rings. The molecule has 0 spiro atoms. The molecule has 1 aromatic heterocycles. The van der Waals surface area contributed by atoms with Gasteiger partial charge in [-0.1, -0.05) is 20.8 Å². The summed E-state index contributed by atoms with van der Waals surface area (Å²) in [7, 11) is 0. The molecule has 0 aliphatic carbocycles. The minimum Gasteiger partial charge on any atom is -0.342 e. The molecular formula is C16H26N2OS2. The van der Waals surface area contributed by atoms with Gasteiger partial charge in [0.25, 0.3) is 0 Å². The van der Waals surface area contributed by atoms with Gasteiger partial charge in [0.15, 0.2) is 0 Å². The number of hydrogen-bond acceptors (Lipinski definition) is 4. The van der Waals surface area contributed by atoms with E-state index in [9.17, 15) is 4.79 Å². The Balaban J connectivity index is 1.95. The highest BCUT2D eigenvalue weighted by atomic mass is 32.2. The Bertz CT molecular complexity index is 485. The van der Waals surface area contributed by atoms with E-state index in [4.69, 9.17) is 4.98 Å². The number of thioether (sulfide) groups is 1. The van der Waals surface area contributed by atoms with Crippen molar-refractivity contribution < 1.29 is 4.79 Å². The van der Waals surface area contributed by atoms with Crippen LogP contribution in [0.25, 0.3) is 0 Å². The Labute approximate surface area is 136 Å². The van der Waals surface area contributed by atoms with Gasteiger partial charge in [0.2, 0.25) is 5.91 Å². The normalized spacial score (nSPS) is 18.8. The molecule has 2 heterocycles. The van der Waals surface area contributed by atoms with Crippen LogP contribution in [0.5, 0.6) is 0 Å². The van der Waals surface area contributed by atoms with Crippen molar-refractivity contribution in [1.29, 1.82) is 0 Å². The van der Waals surface area contributed by atoms with E-state index < -0.39 is 0 Å². The molecule has 0 saturated carbocycles. The zero-order valence-corrected chi connectivity index (χ0v) is 15.3. The molecule has 0 aromatic carbocycles. The summed E-state index contributed by atoms with van der Waals surface area (Å²) in [5.41, 5.74) is 1.32. The number of amides is 1. The maximum atomic E-state index is 12.2. The fourth-order valence-electron chi connectivity index (χ4n) is 2.52. The third-order valence-electron chi connectivity index (χ3n) is 4.15. The zero-order chi connectivity index (χ0) is 15.6. The van der Waals surface area contributed by atoms with E-state index in [1.54, 1.807) is 23.1 Å².